The average Bonchev–Trinajstić information content (AvgIpc) is 2.30. The van der Waals surface area contributed by atoms with E-state index >= 15 is 0 Å². The Morgan fingerprint density at radius 3 is 2.72 bits per heavy atom. The molecular formula is C13H19FN2O2. The number of rotatable bonds is 5. The first kappa shape index (κ1) is 14.4. The largest absolute Gasteiger partial charge is 0.493 e. The van der Waals surface area contributed by atoms with Crippen LogP contribution >= 0.6 is 0 Å². The molecule has 0 unspecified atom stereocenters. The highest BCUT2D eigenvalue weighted by Crippen LogP contribution is 2.24. The third-order valence-electron chi connectivity index (χ3n) is 2.53. The van der Waals surface area contributed by atoms with Crippen LogP contribution in [0.25, 0.3) is 0 Å². The van der Waals surface area contributed by atoms with Crippen molar-refractivity contribution in [1.29, 1.82) is 0 Å². The van der Waals surface area contributed by atoms with E-state index in [2.05, 4.69) is 0 Å². The van der Waals surface area contributed by atoms with E-state index in [4.69, 9.17) is 10.5 Å². The van der Waals surface area contributed by atoms with Gasteiger partial charge in [-0.1, -0.05) is 0 Å². The highest BCUT2D eigenvalue weighted by atomic mass is 19.1. The molecule has 0 spiro atoms. The predicted molar refractivity (Wildman–Crippen MR) is 67.8 cm³/mol. The van der Waals surface area contributed by atoms with Gasteiger partial charge in [-0.05, 0) is 25.1 Å². The number of halogens is 1. The lowest BCUT2D eigenvalue weighted by molar-refractivity contribution is -0.129. The van der Waals surface area contributed by atoms with Crippen LogP contribution in [0.3, 0.4) is 0 Å². The Hall–Kier alpha value is -1.62. The highest BCUT2D eigenvalue weighted by Gasteiger charge is 2.10. The van der Waals surface area contributed by atoms with Crippen molar-refractivity contribution in [3.05, 3.63) is 29.6 Å². The topological polar surface area (TPSA) is 55.6 Å². The minimum atomic E-state index is -0.348. The maximum atomic E-state index is 13.1. The average molecular weight is 254 g/mol. The maximum absolute atomic E-state index is 13.1. The van der Waals surface area contributed by atoms with Gasteiger partial charge >= 0.3 is 0 Å². The quantitative estimate of drug-likeness (QED) is 0.870. The summed E-state index contributed by atoms with van der Waals surface area (Å²) in [5, 5.41) is 0. The van der Waals surface area contributed by atoms with Crippen LogP contribution in [0.5, 0.6) is 5.75 Å². The SMILES string of the molecule is C[C@@H](N)c1cc(F)ccc1OCCC(=O)N(C)C. The van der Waals surface area contributed by atoms with Crippen molar-refractivity contribution in [2.75, 3.05) is 20.7 Å². The van der Waals surface area contributed by atoms with E-state index in [0.717, 1.165) is 0 Å². The van der Waals surface area contributed by atoms with Crippen LogP contribution in [-0.4, -0.2) is 31.5 Å². The summed E-state index contributed by atoms with van der Waals surface area (Å²) >= 11 is 0. The fourth-order valence-corrected chi connectivity index (χ4v) is 1.48. The Balaban J connectivity index is 2.65. The van der Waals surface area contributed by atoms with Crippen molar-refractivity contribution in [1.82, 2.24) is 4.90 Å². The second-order valence-corrected chi connectivity index (χ2v) is 4.36. The third kappa shape index (κ3) is 4.00. The summed E-state index contributed by atoms with van der Waals surface area (Å²) in [4.78, 5) is 12.9. The number of carbonyl (C=O) groups excluding carboxylic acids is 1. The number of nitrogens with two attached hydrogens (primary N) is 1. The molecule has 0 heterocycles. The molecule has 0 bridgehead atoms. The van der Waals surface area contributed by atoms with Crippen LogP contribution in [0.15, 0.2) is 18.2 Å². The monoisotopic (exact) mass is 254 g/mol. The summed E-state index contributed by atoms with van der Waals surface area (Å²) in [5.41, 5.74) is 6.35. The van der Waals surface area contributed by atoms with E-state index in [1.54, 1.807) is 21.0 Å². The molecule has 4 nitrogen and oxygen atoms in total. The van der Waals surface area contributed by atoms with Crippen LogP contribution < -0.4 is 10.5 Å². The van der Waals surface area contributed by atoms with Crippen LogP contribution in [0, 0.1) is 5.82 Å². The molecule has 0 saturated carbocycles. The third-order valence-corrected chi connectivity index (χ3v) is 2.53. The molecular weight excluding hydrogens is 235 g/mol. The van der Waals surface area contributed by atoms with Crippen molar-refractivity contribution < 1.29 is 13.9 Å². The van der Waals surface area contributed by atoms with E-state index in [9.17, 15) is 9.18 Å². The smallest absolute Gasteiger partial charge is 0.225 e. The van der Waals surface area contributed by atoms with Crippen molar-refractivity contribution in [2.24, 2.45) is 5.73 Å². The first-order chi connectivity index (χ1) is 8.41. The minimum Gasteiger partial charge on any atom is -0.493 e. The Labute approximate surface area is 107 Å². The van der Waals surface area contributed by atoms with Crippen molar-refractivity contribution in [2.45, 2.75) is 19.4 Å². The summed E-state index contributed by atoms with van der Waals surface area (Å²) in [6.07, 6.45) is 0.281. The number of carbonyl (C=O) groups is 1. The summed E-state index contributed by atoms with van der Waals surface area (Å²) in [5.74, 6) is 0.163. The van der Waals surface area contributed by atoms with Crippen LogP contribution in [0.4, 0.5) is 4.39 Å². The first-order valence-corrected chi connectivity index (χ1v) is 5.79. The molecule has 5 heteroatoms. The van der Waals surface area contributed by atoms with Crippen molar-refractivity contribution in [3.8, 4) is 5.75 Å². The molecule has 2 N–H and O–H groups in total. The molecule has 1 aromatic rings. The zero-order valence-electron chi connectivity index (χ0n) is 10.9. The standard InChI is InChI=1S/C13H19FN2O2/c1-9(15)11-8-10(14)4-5-12(11)18-7-6-13(17)16(2)3/h4-5,8-9H,6-7,15H2,1-3H3/t9-/m1/s1. The molecule has 1 atom stereocenters. The molecule has 0 aliphatic heterocycles. The molecule has 18 heavy (non-hydrogen) atoms. The van der Waals surface area contributed by atoms with Gasteiger partial charge in [-0.3, -0.25) is 4.79 Å². The van der Waals surface area contributed by atoms with Gasteiger partial charge in [0.25, 0.3) is 0 Å². The van der Waals surface area contributed by atoms with Crippen LogP contribution in [0.1, 0.15) is 24.9 Å². The maximum Gasteiger partial charge on any atom is 0.225 e. The first-order valence-electron chi connectivity index (χ1n) is 5.79. The number of benzene rings is 1. The number of hydrogen-bond acceptors (Lipinski definition) is 3. The van der Waals surface area contributed by atoms with Gasteiger partial charge in [-0.2, -0.15) is 0 Å². The lowest BCUT2D eigenvalue weighted by Gasteiger charge is -2.15. The Kier molecular flexibility index (Phi) is 5.09. The lowest BCUT2D eigenvalue weighted by atomic mass is 10.1. The fourth-order valence-electron chi connectivity index (χ4n) is 1.48. The predicted octanol–water partition coefficient (Wildman–Crippen LogP) is 1.70. The van der Waals surface area contributed by atoms with Crippen LogP contribution in [0.2, 0.25) is 0 Å². The minimum absolute atomic E-state index is 0.0144. The molecule has 0 aliphatic rings. The molecule has 0 radical (unpaired) electrons. The molecule has 0 aliphatic carbocycles. The zero-order chi connectivity index (χ0) is 13.7. The van der Waals surface area contributed by atoms with Gasteiger partial charge in [0.1, 0.15) is 11.6 Å². The summed E-state index contributed by atoms with van der Waals surface area (Å²) < 4.78 is 18.6. The molecule has 0 fully saturated rings. The summed E-state index contributed by atoms with van der Waals surface area (Å²) in [7, 11) is 3.38. The molecule has 1 aromatic carbocycles. The van der Waals surface area contributed by atoms with Gasteiger partial charge in [0.2, 0.25) is 5.91 Å². The van der Waals surface area contributed by atoms with Gasteiger partial charge in [0.15, 0.2) is 0 Å². The normalized spacial score (nSPS) is 12.1. The molecule has 100 valence electrons. The van der Waals surface area contributed by atoms with E-state index in [1.807, 2.05) is 0 Å². The zero-order valence-corrected chi connectivity index (χ0v) is 10.9. The Bertz CT molecular complexity index is 419. The van der Waals surface area contributed by atoms with E-state index < -0.39 is 0 Å². The number of ether oxygens (including phenoxy) is 1. The number of amides is 1. The molecule has 0 aromatic heterocycles. The summed E-state index contributed by atoms with van der Waals surface area (Å²) in [6.45, 7) is 2.01. The van der Waals surface area contributed by atoms with Gasteiger partial charge in [-0.15, -0.1) is 0 Å². The lowest BCUT2D eigenvalue weighted by Crippen LogP contribution is -2.23. The summed E-state index contributed by atoms with van der Waals surface area (Å²) in [6, 6.07) is 3.89. The Morgan fingerprint density at radius 1 is 1.50 bits per heavy atom. The second kappa shape index (κ2) is 6.35. The van der Waals surface area contributed by atoms with Gasteiger partial charge in [0, 0.05) is 25.7 Å². The van der Waals surface area contributed by atoms with E-state index in [0.29, 0.717) is 11.3 Å². The van der Waals surface area contributed by atoms with Crippen molar-refractivity contribution >= 4 is 5.91 Å². The van der Waals surface area contributed by atoms with Crippen molar-refractivity contribution in [3.63, 3.8) is 0 Å². The Morgan fingerprint density at radius 2 is 2.17 bits per heavy atom. The highest BCUT2D eigenvalue weighted by molar-refractivity contribution is 5.75. The molecule has 0 saturated heterocycles. The van der Waals surface area contributed by atoms with E-state index in [1.165, 1.54) is 23.1 Å². The van der Waals surface area contributed by atoms with Gasteiger partial charge in [0.05, 0.1) is 13.0 Å². The second-order valence-electron chi connectivity index (χ2n) is 4.36. The van der Waals surface area contributed by atoms with Crippen LogP contribution in [-0.2, 0) is 4.79 Å². The fraction of sp³-hybridized carbons (Fsp3) is 0.462. The number of nitrogens with zero attached hydrogens (tertiary/aromatic N) is 1. The van der Waals surface area contributed by atoms with E-state index in [-0.39, 0.29) is 30.8 Å². The molecule has 1 amide bonds. The number of hydrogen-bond donors (Lipinski definition) is 1. The molecule has 1 rings (SSSR count). The van der Waals surface area contributed by atoms with Gasteiger partial charge < -0.3 is 15.4 Å². The van der Waals surface area contributed by atoms with Gasteiger partial charge in [-0.25, -0.2) is 4.39 Å².